The molecule has 5 heteroatoms. The van der Waals surface area contributed by atoms with Crippen molar-refractivity contribution in [1.82, 2.24) is 9.59 Å². The normalized spacial score (nSPS) is 12.7. The van der Waals surface area contributed by atoms with E-state index in [2.05, 4.69) is 9.59 Å². The largest absolute Gasteiger partial charge is 0.320 e. The molecule has 0 aliphatic rings. The second-order valence-corrected chi connectivity index (χ2v) is 4.10. The van der Waals surface area contributed by atoms with Crippen LogP contribution in [0.2, 0.25) is 5.02 Å². The lowest BCUT2D eigenvalue weighted by Crippen LogP contribution is -2.09. The molecule has 0 fully saturated rings. The number of halogens is 1. The standard InChI is InChI=1S/C9H8ClN3S/c10-7-3-1-6(2-4-7)9(11)8-5-12-13-14-8/h1-5,9H,11H2. The lowest BCUT2D eigenvalue weighted by atomic mass is 10.1. The number of hydrogen-bond acceptors (Lipinski definition) is 4. The summed E-state index contributed by atoms with van der Waals surface area (Å²) in [5.74, 6) is 0. The highest BCUT2D eigenvalue weighted by Gasteiger charge is 2.10. The number of aromatic nitrogens is 2. The minimum absolute atomic E-state index is 0.160. The Hall–Kier alpha value is -0.970. The smallest absolute Gasteiger partial charge is 0.0678 e. The van der Waals surface area contributed by atoms with Crippen molar-refractivity contribution in [1.29, 1.82) is 0 Å². The van der Waals surface area contributed by atoms with Crippen molar-refractivity contribution in [3.8, 4) is 0 Å². The van der Waals surface area contributed by atoms with Crippen LogP contribution in [0.5, 0.6) is 0 Å². The molecule has 2 N–H and O–H groups in total. The zero-order valence-corrected chi connectivity index (χ0v) is 8.79. The van der Waals surface area contributed by atoms with Gasteiger partial charge in [0, 0.05) is 5.02 Å². The molecular formula is C9H8ClN3S. The van der Waals surface area contributed by atoms with Crippen LogP contribution in [0.3, 0.4) is 0 Å². The van der Waals surface area contributed by atoms with Gasteiger partial charge in [-0.1, -0.05) is 28.2 Å². The zero-order valence-electron chi connectivity index (χ0n) is 7.22. The first-order valence-corrected chi connectivity index (χ1v) is 5.21. The molecule has 2 aromatic rings. The molecule has 0 bridgehead atoms. The molecule has 1 heterocycles. The van der Waals surface area contributed by atoms with Crippen LogP contribution in [0.15, 0.2) is 30.5 Å². The minimum Gasteiger partial charge on any atom is -0.320 e. The van der Waals surface area contributed by atoms with Gasteiger partial charge in [-0.2, -0.15) is 0 Å². The van der Waals surface area contributed by atoms with Crippen molar-refractivity contribution in [2.75, 3.05) is 0 Å². The van der Waals surface area contributed by atoms with E-state index in [-0.39, 0.29) is 6.04 Å². The van der Waals surface area contributed by atoms with Crippen LogP contribution in [0.1, 0.15) is 16.5 Å². The monoisotopic (exact) mass is 225 g/mol. The molecule has 1 unspecified atom stereocenters. The molecule has 0 saturated heterocycles. The van der Waals surface area contributed by atoms with Crippen LogP contribution in [-0.4, -0.2) is 9.59 Å². The molecule has 1 atom stereocenters. The summed E-state index contributed by atoms with van der Waals surface area (Å²) in [6.07, 6.45) is 1.68. The third-order valence-electron chi connectivity index (χ3n) is 1.91. The van der Waals surface area contributed by atoms with Gasteiger partial charge in [0.15, 0.2) is 0 Å². The highest BCUT2D eigenvalue weighted by Crippen LogP contribution is 2.22. The molecular weight excluding hydrogens is 218 g/mol. The van der Waals surface area contributed by atoms with Crippen molar-refractivity contribution < 1.29 is 0 Å². The third-order valence-corrected chi connectivity index (χ3v) is 2.91. The lowest BCUT2D eigenvalue weighted by Gasteiger charge is -2.08. The number of benzene rings is 1. The van der Waals surface area contributed by atoms with E-state index in [1.54, 1.807) is 6.20 Å². The van der Waals surface area contributed by atoms with Crippen molar-refractivity contribution in [3.63, 3.8) is 0 Å². The predicted octanol–water partition coefficient (Wildman–Crippen LogP) is 2.24. The van der Waals surface area contributed by atoms with Gasteiger partial charge in [0.1, 0.15) is 0 Å². The Balaban J connectivity index is 2.28. The fourth-order valence-corrected chi connectivity index (χ4v) is 1.80. The maximum atomic E-state index is 6.00. The number of nitrogens with two attached hydrogens (primary N) is 1. The van der Waals surface area contributed by atoms with Gasteiger partial charge in [-0.15, -0.1) is 5.10 Å². The molecule has 2 rings (SSSR count). The van der Waals surface area contributed by atoms with Crippen molar-refractivity contribution >= 4 is 23.1 Å². The summed E-state index contributed by atoms with van der Waals surface area (Å²) in [6.45, 7) is 0. The average Bonchev–Trinajstić information content (AvgIpc) is 2.71. The second kappa shape index (κ2) is 4.04. The molecule has 0 radical (unpaired) electrons. The Morgan fingerprint density at radius 3 is 2.57 bits per heavy atom. The first kappa shape index (κ1) is 9.58. The van der Waals surface area contributed by atoms with E-state index in [1.165, 1.54) is 11.5 Å². The van der Waals surface area contributed by atoms with Gasteiger partial charge in [-0.05, 0) is 29.2 Å². The molecule has 1 aromatic carbocycles. The van der Waals surface area contributed by atoms with Gasteiger partial charge in [-0.25, -0.2) is 0 Å². The van der Waals surface area contributed by atoms with Crippen LogP contribution in [-0.2, 0) is 0 Å². The molecule has 0 spiro atoms. The van der Waals surface area contributed by atoms with Crippen molar-refractivity contribution in [3.05, 3.63) is 45.9 Å². The van der Waals surface area contributed by atoms with E-state index in [0.29, 0.717) is 5.02 Å². The molecule has 1 aromatic heterocycles. The van der Waals surface area contributed by atoms with Crippen molar-refractivity contribution in [2.24, 2.45) is 5.73 Å². The van der Waals surface area contributed by atoms with Crippen LogP contribution in [0, 0.1) is 0 Å². The molecule has 72 valence electrons. The first-order valence-electron chi connectivity index (χ1n) is 4.05. The Kier molecular flexibility index (Phi) is 2.77. The molecule has 0 aliphatic carbocycles. The molecule has 0 saturated carbocycles. The van der Waals surface area contributed by atoms with Gasteiger partial charge >= 0.3 is 0 Å². The fourth-order valence-electron chi connectivity index (χ4n) is 1.15. The van der Waals surface area contributed by atoms with Crippen LogP contribution in [0.4, 0.5) is 0 Å². The Bertz CT molecular complexity index is 399. The maximum absolute atomic E-state index is 6.00. The third kappa shape index (κ3) is 1.92. The molecule has 3 nitrogen and oxygen atoms in total. The SMILES string of the molecule is NC(c1ccc(Cl)cc1)c1cnns1. The van der Waals surface area contributed by atoms with E-state index in [1.807, 2.05) is 24.3 Å². The molecule has 0 amide bonds. The summed E-state index contributed by atoms with van der Waals surface area (Å²) < 4.78 is 3.77. The Morgan fingerprint density at radius 1 is 1.29 bits per heavy atom. The van der Waals surface area contributed by atoms with Crippen LogP contribution < -0.4 is 5.73 Å². The van der Waals surface area contributed by atoms with Gasteiger partial charge in [0.2, 0.25) is 0 Å². The lowest BCUT2D eigenvalue weighted by molar-refractivity contribution is 0.888. The maximum Gasteiger partial charge on any atom is 0.0678 e. The van der Waals surface area contributed by atoms with E-state index < -0.39 is 0 Å². The van der Waals surface area contributed by atoms with Gasteiger partial charge in [0.25, 0.3) is 0 Å². The fraction of sp³-hybridized carbons (Fsp3) is 0.111. The number of hydrogen-bond donors (Lipinski definition) is 1. The van der Waals surface area contributed by atoms with Crippen LogP contribution in [0.25, 0.3) is 0 Å². The van der Waals surface area contributed by atoms with Gasteiger partial charge < -0.3 is 5.73 Å². The quantitative estimate of drug-likeness (QED) is 0.853. The van der Waals surface area contributed by atoms with E-state index in [4.69, 9.17) is 17.3 Å². The van der Waals surface area contributed by atoms with E-state index >= 15 is 0 Å². The zero-order chi connectivity index (χ0) is 9.97. The summed E-state index contributed by atoms with van der Waals surface area (Å²) in [7, 11) is 0. The minimum atomic E-state index is -0.160. The van der Waals surface area contributed by atoms with Gasteiger partial charge in [-0.3, -0.25) is 0 Å². The average molecular weight is 226 g/mol. The number of rotatable bonds is 2. The van der Waals surface area contributed by atoms with Crippen molar-refractivity contribution in [2.45, 2.75) is 6.04 Å². The highest BCUT2D eigenvalue weighted by atomic mass is 35.5. The van der Waals surface area contributed by atoms with E-state index in [0.717, 1.165) is 10.4 Å². The van der Waals surface area contributed by atoms with Crippen LogP contribution >= 0.6 is 23.1 Å². The predicted molar refractivity (Wildman–Crippen MR) is 57.4 cm³/mol. The molecule has 14 heavy (non-hydrogen) atoms. The van der Waals surface area contributed by atoms with E-state index in [9.17, 15) is 0 Å². The summed E-state index contributed by atoms with van der Waals surface area (Å²) in [5.41, 5.74) is 7.01. The second-order valence-electron chi connectivity index (χ2n) is 2.85. The Labute approximate surface area is 90.7 Å². The van der Waals surface area contributed by atoms with Gasteiger partial charge in [0.05, 0.1) is 17.1 Å². The highest BCUT2D eigenvalue weighted by molar-refractivity contribution is 7.05. The first-order chi connectivity index (χ1) is 6.77. The summed E-state index contributed by atoms with van der Waals surface area (Å²) in [6, 6.07) is 7.31. The summed E-state index contributed by atoms with van der Waals surface area (Å²) in [5, 5.41) is 4.46. The topological polar surface area (TPSA) is 51.8 Å². The summed E-state index contributed by atoms with van der Waals surface area (Å²) in [4.78, 5) is 0.951. The summed E-state index contributed by atoms with van der Waals surface area (Å²) >= 11 is 7.09. The number of nitrogens with zero attached hydrogens (tertiary/aromatic N) is 2. The Morgan fingerprint density at radius 2 is 2.00 bits per heavy atom. The molecule has 0 aliphatic heterocycles.